The third kappa shape index (κ3) is 8.26. The van der Waals surface area contributed by atoms with E-state index in [1.54, 1.807) is 0 Å². The van der Waals surface area contributed by atoms with Gasteiger partial charge in [-0.3, -0.25) is 4.79 Å². The van der Waals surface area contributed by atoms with Crippen LogP contribution in [0.15, 0.2) is 0 Å². The Morgan fingerprint density at radius 2 is 2.19 bits per heavy atom. The van der Waals surface area contributed by atoms with Gasteiger partial charge in [-0.2, -0.15) is 12.6 Å². The summed E-state index contributed by atoms with van der Waals surface area (Å²) in [5.74, 6) is -0.0382. The van der Waals surface area contributed by atoms with Crippen molar-refractivity contribution in [2.45, 2.75) is 6.04 Å². The van der Waals surface area contributed by atoms with Crippen LogP contribution in [-0.4, -0.2) is 49.2 Å². The van der Waals surface area contributed by atoms with Crippen molar-refractivity contribution in [3.05, 3.63) is 10.1 Å². The van der Waals surface area contributed by atoms with Gasteiger partial charge >= 0.3 is 0 Å². The molecule has 1 unspecified atom stereocenters. The molecule has 0 aliphatic heterocycles. The highest BCUT2D eigenvalue weighted by atomic mass is 32.1. The Balaban J connectivity index is 3.27. The summed E-state index contributed by atoms with van der Waals surface area (Å²) < 4.78 is 4.94. The summed E-state index contributed by atoms with van der Waals surface area (Å²) in [4.78, 5) is 24.8. The van der Waals surface area contributed by atoms with Crippen molar-refractivity contribution in [1.29, 1.82) is 0 Å². The Morgan fingerprint density at radius 3 is 2.75 bits per heavy atom. The van der Waals surface area contributed by atoms with E-state index in [9.17, 15) is 14.9 Å². The molecule has 0 saturated heterocycles. The topological polar surface area (TPSA) is 117 Å². The minimum Gasteiger partial charge on any atom is -0.378 e. The molecule has 0 fully saturated rings. The van der Waals surface area contributed by atoms with Crippen LogP contribution in [0.3, 0.4) is 0 Å². The Bertz CT molecular complexity index is 228. The molecule has 9 heteroatoms. The number of nitrogens with two attached hydrogens (primary N) is 1. The molecular formula is C7H15N3O5S. The maximum atomic E-state index is 11.1. The lowest BCUT2D eigenvalue weighted by Gasteiger charge is -2.09. The molecule has 0 aromatic rings. The first-order valence-electron chi connectivity index (χ1n) is 4.57. The van der Waals surface area contributed by atoms with Crippen LogP contribution in [0, 0.1) is 10.1 Å². The van der Waals surface area contributed by atoms with Crippen LogP contribution in [0.5, 0.6) is 0 Å². The second kappa shape index (κ2) is 9.19. The first kappa shape index (κ1) is 14.9. The largest absolute Gasteiger partial charge is 0.378 e. The van der Waals surface area contributed by atoms with Gasteiger partial charge in [0.1, 0.15) is 6.61 Å². The lowest BCUT2D eigenvalue weighted by Crippen LogP contribution is -2.43. The molecule has 1 atom stereocenters. The number of ether oxygens (including phenoxy) is 1. The molecule has 94 valence electrons. The van der Waals surface area contributed by atoms with E-state index in [1.807, 2.05) is 0 Å². The van der Waals surface area contributed by atoms with E-state index < -0.39 is 11.1 Å². The molecule has 8 nitrogen and oxygen atoms in total. The van der Waals surface area contributed by atoms with Crippen LogP contribution in [0.4, 0.5) is 0 Å². The monoisotopic (exact) mass is 253 g/mol. The third-order valence-corrected chi connectivity index (χ3v) is 1.90. The maximum absolute atomic E-state index is 11.1. The molecule has 0 spiro atoms. The maximum Gasteiger partial charge on any atom is 0.294 e. The molecule has 0 rings (SSSR count). The highest BCUT2D eigenvalue weighted by Crippen LogP contribution is 1.83. The zero-order valence-corrected chi connectivity index (χ0v) is 9.52. The number of hydrogen-bond donors (Lipinski definition) is 3. The van der Waals surface area contributed by atoms with Crippen molar-refractivity contribution < 1.29 is 19.5 Å². The lowest BCUT2D eigenvalue weighted by molar-refractivity contribution is -0.758. The zero-order valence-electron chi connectivity index (χ0n) is 8.63. The second-order valence-electron chi connectivity index (χ2n) is 2.75. The third-order valence-electron chi connectivity index (χ3n) is 1.50. The van der Waals surface area contributed by atoms with Crippen LogP contribution in [0.1, 0.15) is 0 Å². The van der Waals surface area contributed by atoms with Crippen molar-refractivity contribution >= 4 is 18.5 Å². The molecule has 0 radical (unpaired) electrons. The summed E-state index contributed by atoms with van der Waals surface area (Å²) in [6.07, 6.45) is 0. The van der Waals surface area contributed by atoms with Crippen LogP contribution in [-0.2, 0) is 14.4 Å². The van der Waals surface area contributed by atoms with E-state index in [1.165, 1.54) is 0 Å². The van der Waals surface area contributed by atoms with Crippen molar-refractivity contribution in [1.82, 2.24) is 5.32 Å². The average molecular weight is 253 g/mol. The number of amides is 1. The summed E-state index contributed by atoms with van der Waals surface area (Å²) in [7, 11) is 0. The number of nitrogens with zero attached hydrogens (tertiary/aromatic N) is 1. The van der Waals surface area contributed by atoms with Gasteiger partial charge in [0.2, 0.25) is 5.91 Å². The minimum atomic E-state index is -0.892. The highest BCUT2D eigenvalue weighted by molar-refractivity contribution is 7.80. The molecule has 0 aromatic heterocycles. The van der Waals surface area contributed by atoms with Gasteiger partial charge in [0.25, 0.3) is 5.09 Å². The summed E-state index contributed by atoms with van der Waals surface area (Å²) in [5, 5.41) is 11.4. The first-order valence-corrected chi connectivity index (χ1v) is 5.20. The van der Waals surface area contributed by atoms with Crippen molar-refractivity contribution in [2.24, 2.45) is 5.73 Å². The van der Waals surface area contributed by atoms with Crippen LogP contribution < -0.4 is 11.1 Å². The summed E-state index contributed by atoms with van der Waals surface area (Å²) >= 11 is 3.87. The van der Waals surface area contributed by atoms with E-state index in [-0.39, 0.29) is 31.5 Å². The van der Waals surface area contributed by atoms with Gasteiger partial charge in [-0.25, -0.2) is 0 Å². The van der Waals surface area contributed by atoms with E-state index in [2.05, 4.69) is 22.8 Å². The number of rotatable bonds is 9. The smallest absolute Gasteiger partial charge is 0.294 e. The number of carbonyl (C=O) groups excluding carboxylic acids is 1. The lowest BCUT2D eigenvalue weighted by atomic mass is 10.3. The molecule has 0 aliphatic rings. The van der Waals surface area contributed by atoms with Gasteiger partial charge in [-0.15, -0.1) is 10.1 Å². The molecule has 0 heterocycles. The summed E-state index contributed by atoms with van der Waals surface area (Å²) in [5.41, 5.74) is 5.39. The van der Waals surface area contributed by atoms with Crippen molar-refractivity contribution in [2.75, 3.05) is 32.1 Å². The van der Waals surface area contributed by atoms with Crippen LogP contribution >= 0.6 is 12.6 Å². The SMILES string of the molecule is NC(CS)C(=O)NCCOCCO[N+](=O)[O-]. The van der Waals surface area contributed by atoms with Gasteiger partial charge < -0.3 is 20.6 Å². The standard InChI is InChI=1S/C7H15N3O5S/c8-6(5-16)7(11)9-1-2-14-3-4-15-10(12)13/h6,16H,1-5,8H2,(H,9,11). The van der Waals surface area contributed by atoms with E-state index in [4.69, 9.17) is 10.5 Å². The van der Waals surface area contributed by atoms with Gasteiger partial charge in [-0.05, 0) is 0 Å². The average Bonchev–Trinajstić information content (AvgIpc) is 2.25. The van der Waals surface area contributed by atoms with Gasteiger partial charge in [0.15, 0.2) is 0 Å². The highest BCUT2D eigenvalue weighted by Gasteiger charge is 2.09. The fraction of sp³-hybridized carbons (Fsp3) is 0.857. The number of carbonyl (C=O) groups is 1. The minimum absolute atomic E-state index is 0.0927. The second-order valence-corrected chi connectivity index (χ2v) is 3.11. The summed E-state index contributed by atoms with van der Waals surface area (Å²) in [6.45, 7) is 0.497. The Labute approximate surface area is 98.0 Å². The van der Waals surface area contributed by atoms with E-state index in [0.717, 1.165) is 0 Å². The summed E-state index contributed by atoms with van der Waals surface area (Å²) in [6, 6.07) is -0.638. The fourth-order valence-corrected chi connectivity index (χ4v) is 0.899. The predicted molar refractivity (Wildman–Crippen MR) is 58.6 cm³/mol. The van der Waals surface area contributed by atoms with E-state index in [0.29, 0.717) is 6.54 Å². The number of thiol groups is 1. The van der Waals surface area contributed by atoms with Gasteiger partial charge in [0, 0.05) is 12.3 Å². The van der Waals surface area contributed by atoms with Crippen molar-refractivity contribution in [3.63, 3.8) is 0 Å². The van der Waals surface area contributed by atoms with Crippen LogP contribution in [0.25, 0.3) is 0 Å². The molecule has 1 amide bonds. The number of hydrogen-bond acceptors (Lipinski definition) is 7. The Hall–Kier alpha value is -1.06. The predicted octanol–water partition coefficient (Wildman–Crippen LogP) is -1.42. The quantitative estimate of drug-likeness (QED) is 0.201. The normalized spacial score (nSPS) is 11.9. The molecule has 0 saturated carbocycles. The number of nitrogens with one attached hydrogen (secondary N) is 1. The van der Waals surface area contributed by atoms with Crippen molar-refractivity contribution in [3.8, 4) is 0 Å². The fourth-order valence-electron chi connectivity index (χ4n) is 0.733. The molecule has 0 aliphatic carbocycles. The first-order chi connectivity index (χ1) is 7.57. The van der Waals surface area contributed by atoms with E-state index >= 15 is 0 Å². The van der Waals surface area contributed by atoms with Gasteiger partial charge in [0.05, 0.1) is 19.3 Å². The molecule has 0 aromatic carbocycles. The molecule has 0 bridgehead atoms. The molecular weight excluding hydrogens is 238 g/mol. The molecule has 3 N–H and O–H groups in total. The molecule has 16 heavy (non-hydrogen) atoms. The Kier molecular flexibility index (Phi) is 8.58. The van der Waals surface area contributed by atoms with Gasteiger partial charge in [-0.1, -0.05) is 0 Å². The van der Waals surface area contributed by atoms with Crippen LogP contribution in [0.2, 0.25) is 0 Å². The Morgan fingerprint density at radius 1 is 1.50 bits per heavy atom. The zero-order chi connectivity index (χ0) is 12.4.